The van der Waals surface area contributed by atoms with E-state index in [2.05, 4.69) is 45.5 Å². The lowest BCUT2D eigenvalue weighted by Crippen LogP contribution is -2.37. The second kappa shape index (κ2) is 6.02. The van der Waals surface area contributed by atoms with E-state index < -0.39 is 0 Å². The number of nitrogens with zero attached hydrogens (tertiary/aromatic N) is 2. The zero-order valence-electron chi connectivity index (χ0n) is 12.5. The van der Waals surface area contributed by atoms with Crippen molar-refractivity contribution in [3.8, 4) is 11.3 Å². The molecule has 1 N–H and O–H groups in total. The van der Waals surface area contributed by atoms with Gasteiger partial charge in [0.25, 0.3) is 0 Å². The third-order valence-corrected chi connectivity index (χ3v) is 4.61. The number of hydrogen-bond acceptors (Lipinski definition) is 3. The molecule has 1 aliphatic rings. The van der Waals surface area contributed by atoms with Gasteiger partial charge in [-0.2, -0.15) is 11.3 Å². The summed E-state index contributed by atoms with van der Waals surface area (Å²) in [7, 11) is 0. The number of imidazole rings is 1. The van der Waals surface area contributed by atoms with Crippen LogP contribution in [0.3, 0.4) is 0 Å². The molecule has 1 amide bonds. The summed E-state index contributed by atoms with van der Waals surface area (Å²) in [5, 5.41) is 7.26. The largest absolute Gasteiger partial charge is 0.356 e. The molecular formula is C16H21N3OS. The van der Waals surface area contributed by atoms with Crippen molar-refractivity contribution in [1.29, 1.82) is 0 Å². The maximum absolute atomic E-state index is 12.3. The topological polar surface area (TPSA) is 46.9 Å². The maximum atomic E-state index is 12.3. The van der Waals surface area contributed by atoms with Crippen molar-refractivity contribution >= 4 is 17.2 Å². The molecule has 112 valence electrons. The van der Waals surface area contributed by atoms with E-state index >= 15 is 0 Å². The normalized spacial score (nSPS) is 17.8. The summed E-state index contributed by atoms with van der Waals surface area (Å²) in [6, 6.07) is 2.11. The first kappa shape index (κ1) is 14.3. The Labute approximate surface area is 129 Å². The second-order valence-corrected chi connectivity index (χ2v) is 6.84. The molecule has 0 aliphatic carbocycles. The lowest BCUT2D eigenvalue weighted by Gasteiger charge is -2.24. The number of fused-ring (bicyclic) bond motifs is 1. The van der Waals surface area contributed by atoms with Gasteiger partial charge in [-0.15, -0.1) is 0 Å². The van der Waals surface area contributed by atoms with Crippen LogP contribution in [0.15, 0.2) is 23.0 Å². The highest BCUT2D eigenvalue weighted by Crippen LogP contribution is 2.28. The zero-order chi connectivity index (χ0) is 14.8. The molecule has 0 aromatic carbocycles. The number of nitrogens with one attached hydrogen (secondary N) is 1. The minimum atomic E-state index is 0.0582. The fourth-order valence-electron chi connectivity index (χ4n) is 2.74. The van der Waals surface area contributed by atoms with Gasteiger partial charge in [-0.3, -0.25) is 4.79 Å². The molecule has 3 heterocycles. The van der Waals surface area contributed by atoms with Crippen LogP contribution in [0, 0.1) is 11.8 Å². The molecule has 4 nitrogen and oxygen atoms in total. The van der Waals surface area contributed by atoms with Crippen LogP contribution in [-0.2, 0) is 17.8 Å². The first-order chi connectivity index (χ1) is 10.1. The van der Waals surface area contributed by atoms with E-state index in [-0.39, 0.29) is 11.8 Å². The van der Waals surface area contributed by atoms with Gasteiger partial charge >= 0.3 is 0 Å². The number of hydrogen-bond donors (Lipinski definition) is 1. The van der Waals surface area contributed by atoms with E-state index in [0.29, 0.717) is 5.92 Å². The van der Waals surface area contributed by atoms with Crippen LogP contribution in [0.25, 0.3) is 11.3 Å². The lowest BCUT2D eigenvalue weighted by molar-refractivity contribution is -0.126. The summed E-state index contributed by atoms with van der Waals surface area (Å²) in [6.45, 7) is 5.72. The number of thiophene rings is 1. The van der Waals surface area contributed by atoms with Crippen molar-refractivity contribution in [2.75, 3.05) is 6.54 Å². The average Bonchev–Trinajstić information content (AvgIpc) is 3.12. The first-order valence-corrected chi connectivity index (χ1v) is 8.44. The Morgan fingerprint density at radius 3 is 3.14 bits per heavy atom. The summed E-state index contributed by atoms with van der Waals surface area (Å²) in [5.74, 6) is 1.83. The summed E-state index contributed by atoms with van der Waals surface area (Å²) in [4.78, 5) is 16.8. The summed E-state index contributed by atoms with van der Waals surface area (Å²) in [5.41, 5.74) is 2.33. The van der Waals surface area contributed by atoms with Gasteiger partial charge in [0.15, 0.2) is 0 Å². The average molecular weight is 303 g/mol. The van der Waals surface area contributed by atoms with Gasteiger partial charge in [-0.05, 0) is 23.8 Å². The van der Waals surface area contributed by atoms with Gasteiger partial charge in [0.2, 0.25) is 5.91 Å². The van der Waals surface area contributed by atoms with Crippen molar-refractivity contribution in [1.82, 2.24) is 14.9 Å². The molecule has 1 aliphatic heterocycles. The molecule has 0 spiro atoms. The van der Waals surface area contributed by atoms with Crippen molar-refractivity contribution < 1.29 is 4.79 Å². The number of aromatic nitrogens is 2. The predicted molar refractivity (Wildman–Crippen MR) is 85.2 cm³/mol. The van der Waals surface area contributed by atoms with Crippen LogP contribution < -0.4 is 5.32 Å². The molecule has 2 aromatic heterocycles. The van der Waals surface area contributed by atoms with Crippen molar-refractivity contribution in [3.05, 3.63) is 28.8 Å². The smallest absolute Gasteiger partial charge is 0.224 e. The van der Waals surface area contributed by atoms with Gasteiger partial charge in [-0.25, -0.2) is 4.98 Å². The van der Waals surface area contributed by atoms with E-state index in [4.69, 9.17) is 0 Å². The van der Waals surface area contributed by atoms with Gasteiger partial charge in [0.05, 0.1) is 17.8 Å². The molecule has 0 fully saturated rings. The number of carbonyl (C=O) groups is 1. The quantitative estimate of drug-likeness (QED) is 0.944. The molecule has 21 heavy (non-hydrogen) atoms. The first-order valence-electron chi connectivity index (χ1n) is 7.50. The van der Waals surface area contributed by atoms with Gasteiger partial charge in [-0.1, -0.05) is 13.8 Å². The Morgan fingerprint density at radius 1 is 1.57 bits per heavy atom. The third-order valence-electron chi connectivity index (χ3n) is 3.93. The van der Waals surface area contributed by atoms with Gasteiger partial charge in [0.1, 0.15) is 5.82 Å². The summed E-state index contributed by atoms with van der Waals surface area (Å²) < 4.78 is 2.21. The zero-order valence-corrected chi connectivity index (χ0v) is 13.3. The van der Waals surface area contributed by atoms with E-state index in [1.54, 1.807) is 11.3 Å². The van der Waals surface area contributed by atoms with Gasteiger partial charge < -0.3 is 9.88 Å². The maximum Gasteiger partial charge on any atom is 0.224 e. The molecule has 5 heteroatoms. The van der Waals surface area contributed by atoms with Crippen LogP contribution >= 0.6 is 11.3 Å². The summed E-state index contributed by atoms with van der Waals surface area (Å²) >= 11 is 1.69. The Bertz CT molecular complexity index is 616. The Morgan fingerprint density at radius 2 is 2.43 bits per heavy atom. The Kier molecular flexibility index (Phi) is 4.10. The van der Waals surface area contributed by atoms with E-state index in [0.717, 1.165) is 37.4 Å². The SMILES string of the molecule is CC(C)CNC(=O)C1CCc2ncc(-c3ccsc3)n2C1. The predicted octanol–water partition coefficient (Wildman–Crippen LogP) is 2.95. The van der Waals surface area contributed by atoms with Crippen LogP contribution in [0.5, 0.6) is 0 Å². The monoisotopic (exact) mass is 303 g/mol. The van der Waals surface area contributed by atoms with Crippen LogP contribution in [0.4, 0.5) is 0 Å². The number of rotatable bonds is 4. The second-order valence-electron chi connectivity index (χ2n) is 6.06. The van der Waals surface area contributed by atoms with Crippen molar-refractivity contribution in [2.24, 2.45) is 11.8 Å². The van der Waals surface area contributed by atoms with Crippen LogP contribution in [0.1, 0.15) is 26.1 Å². The van der Waals surface area contributed by atoms with Crippen molar-refractivity contribution in [3.63, 3.8) is 0 Å². The Hall–Kier alpha value is -1.62. The minimum Gasteiger partial charge on any atom is -0.356 e. The van der Waals surface area contributed by atoms with Gasteiger partial charge in [0, 0.05) is 30.5 Å². The minimum absolute atomic E-state index is 0.0582. The fourth-order valence-corrected chi connectivity index (χ4v) is 3.39. The number of aryl methyl sites for hydroxylation is 1. The molecule has 0 saturated carbocycles. The molecule has 1 atom stereocenters. The van der Waals surface area contributed by atoms with Crippen LogP contribution in [-0.4, -0.2) is 22.0 Å². The molecular weight excluding hydrogens is 282 g/mol. The van der Waals surface area contributed by atoms with E-state index in [1.165, 1.54) is 5.56 Å². The highest BCUT2D eigenvalue weighted by Gasteiger charge is 2.27. The molecule has 1 unspecified atom stereocenters. The van der Waals surface area contributed by atoms with E-state index in [9.17, 15) is 4.79 Å². The Balaban J connectivity index is 1.75. The highest BCUT2D eigenvalue weighted by atomic mass is 32.1. The molecule has 3 rings (SSSR count). The fraction of sp³-hybridized carbons (Fsp3) is 0.500. The lowest BCUT2D eigenvalue weighted by atomic mass is 9.98. The van der Waals surface area contributed by atoms with Crippen LogP contribution in [0.2, 0.25) is 0 Å². The van der Waals surface area contributed by atoms with Crippen molar-refractivity contribution in [2.45, 2.75) is 33.2 Å². The van der Waals surface area contributed by atoms with E-state index in [1.807, 2.05) is 6.20 Å². The molecule has 0 saturated heterocycles. The molecule has 0 bridgehead atoms. The number of carbonyl (C=O) groups excluding carboxylic acids is 1. The molecule has 0 radical (unpaired) electrons. The standard InChI is InChI=1S/C16H21N3OS/c1-11(2)7-18-16(20)12-3-4-15-17-8-14(19(15)9-12)13-5-6-21-10-13/h5-6,8,10-12H,3-4,7,9H2,1-2H3,(H,18,20). The molecule has 2 aromatic rings. The number of amides is 1. The third kappa shape index (κ3) is 3.02. The summed E-state index contributed by atoms with van der Waals surface area (Å²) in [6.07, 6.45) is 3.71. The highest BCUT2D eigenvalue weighted by molar-refractivity contribution is 7.08.